The van der Waals surface area contributed by atoms with E-state index < -0.39 is 0 Å². The Hall–Kier alpha value is 0.240. The first-order valence-corrected chi connectivity index (χ1v) is 7.44. The van der Waals surface area contributed by atoms with E-state index in [-0.39, 0.29) is 0 Å². The third kappa shape index (κ3) is 2.40. The molecule has 1 saturated heterocycles. The summed E-state index contributed by atoms with van der Waals surface area (Å²) in [6.07, 6.45) is 2.28. The van der Waals surface area contributed by atoms with E-state index in [0.717, 1.165) is 32.2 Å². The molecule has 1 fully saturated rings. The Kier molecular flexibility index (Phi) is 4.17. The minimum absolute atomic E-state index is 0.375. The first-order valence-electron chi connectivity index (χ1n) is 5.28. The van der Waals surface area contributed by atoms with Crippen molar-refractivity contribution < 1.29 is 5.11 Å². The van der Waals surface area contributed by atoms with Crippen molar-refractivity contribution in [3.05, 3.63) is 19.3 Å². The maximum absolute atomic E-state index is 10.1. The average Bonchev–Trinajstić information content (AvgIpc) is 2.71. The van der Waals surface area contributed by atoms with Crippen LogP contribution in [0.5, 0.6) is 5.75 Å². The number of halogens is 2. The molecule has 88 valence electrons. The van der Waals surface area contributed by atoms with Crippen LogP contribution in [-0.4, -0.2) is 24.2 Å². The number of benzene rings is 1. The number of aromatic hydroxyl groups is 1. The van der Waals surface area contributed by atoms with Crippen LogP contribution in [0.3, 0.4) is 0 Å². The zero-order chi connectivity index (χ0) is 11.7. The van der Waals surface area contributed by atoms with Gasteiger partial charge in [0.25, 0.3) is 0 Å². The molecule has 1 heterocycles. The monoisotopic (exact) mass is 444 g/mol. The van der Waals surface area contributed by atoms with Crippen LogP contribution in [0.15, 0.2) is 12.1 Å². The lowest BCUT2D eigenvalue weighted by atomic mass is 10.2. The summed E-state index contributed by atoms with van der Waals surface area (Å²) in [7, 11) is 0. The van der Waals surface area contributed by atoms with Gasteiger partial charge in [-0.15, -0.1) is 0 Å². The molecule has 1 aliphatic heterocycles. The van der Waals surface area contributed by atoms with Gasteiger partial charge in [-0.3, -0.25) is 0 Å². The van der Waals surface area contributed by atoms with Crippen molar-refractivity contribution in [1.29, 1.82) is 0 Å². The lowest BCUT2D eigenvalue weighted by Gasteiger charge is -2.27. The Morgan fingerprint density at radius 1 is 1.44 bits per heavy atom. The van der Waals surface area contributed by atoms with Gasteiger partial charge in [0.1, 0.15) is 0 Å². The van der Waals surface area contributed by atoms with Gasteiger partial charge >= 0.3 is 0 Å². The van der Waals surface area contributed by atoms with Gasteiger partial charge in [0.05, 0.1) is 9.26 Å². The second-order valence-electron chi connectivity index (χ2n) is 3.98. The Bertz CT molecular complexity index is 398. The largest absolute Gasteiger partial charge is 0.505 e. The van der Waals surface area contributed by atoms with Gasteiger partial charge < -0.3 is 15.7 Å². The third-order valence-corrected chi connectivity index (χ3v) is 4.41. The van der Waals surface area contributed by atoms with E-state index in [0.29, 0.717) is 18.3 Å². The molecule has 0 radical (unpaired) electrons. The number of hydrogen-bond donors (Lipinski definition) is 2. The molecule has 0 aromatic heterocycles. The van der Waals surface area contributed by atoms with E-state index in [1.807, 2.05) is 12.1 Å². The van der Waals surface area contributed by atoms with Gasteiger partial charge in [0, 0.05) is 22.7 Å². The standard InChI is InChI=1S/C11H14I2N2O/c12-7-4-9(13)11(16)10(5-7)15-3-1-2-8(15)6-14/h4-5,8,16H,1-3,6,14H2. The molecule has 16 heavy (non-hydrogen) atoms. The van der Waals surface area contributed by atoms with E-state index >= 15 is 0 Å². The molecule has 0 bridgehead atoms. The fraction of sp³-hybridized carbons (Fsp3) is 0.455. The highest BCUT2D eigenvalue weighted by Crippen LogP contribution is 2.37. The Labute approximate surface area is 123 Å². The zero-order valence-corrected chi connectivity index (χ0v) is 13.1. The number of nitrogens with zero attached hydrogens (tertiary/aromatic N) is 1. The molecule has 1 aliphatic rings. The van der Waals surface area contributed by atoms with Crippen molar-refractivity contribution in [2.24, 2.45) is 5.73 Å². The summed E-state index contributed by atoms with van der Waals surface area (Å²) < 4.78 is 2.06. The maximum atomic E-state index is 10.1. The van der Waals surface area contributed by atoms with Crippen molar-refractivity contribution in [1.82, 2.24) is 0 Å². The van der Waals surface area contributed by atoms with Crippen molar-refractivity contribution in [3.63, 3.8) is 0 Å². The van der Waals surface area contributed by atoms with Gasteiger partial charge in [-0.1, -0.05) is 0 Å². The quantitative estimate of drug-likeness (QED) is 0.690. The van der Waals surface area contributed by atoms with Crippen LogP contribution in [0.1, 0.15) is 12.8 Å². The molecule has 1 atom stereocenters. The maximum Gasteiger partial charge on any atom is 0.152 e. The second kappa shape index (κ2) is 5.26. The summed E-state index contributed by atoms with van der Waals surface area (Å²) in [6, 6.07) is 4.39. The van der Waals surface area contributed by atoms with Crippen LogP contribution in [-0.2, 0) is 0 Å². The van der Waals surface area contributed by atoms with Crippen LogP contribution in [0.2, 0.25) is 0 Å². The van der Waals surface area contributed by atoms with Crippen LogP contribution >= 0.6 is 45.2 Å². The molecule has 0 aliphatic carbocycles. The minimum Gasteiger partial charge on any atom is -0.505 e. The van der Waals surface area contributed by atoms with Gasteiger partial charge in [-0.2, -0.15) is 0 Å². The second-order valence-corrected chi connectivity index (χ2v) is 6.39. The number of phenolic OH excluding ortho intramolecular Hbond substituents is 1. The zero-order valence-electron chi connectivity index (χ0n) is 8.79. The van der Waals surface area contributed by atoms with Crippen LogP contribution in [0, 0.1) is 7.14 Å². The van der Waals surface area contributed by atoms with E-state index in [2.05, 4.69) is 50.1 Å². The highest BCUT2D eigenvalue weighted by molar-refractivity contribution is 14.1. The number of hydrogen-bond acceptors (Lipinski definition) is 3. The average molecular weight is 444 g/mol. The topological polar surface area (TPSA) is 49.5 Å². The summed E-state index contributed by atoms with van der Waals surface area (Å²) in [6.45, 7) is 1.65. The molecule has 0 amide bonds. The molecule has 0 saturated carbocycles. The molecule has 1 aromatic rings. The van der Waals surface area contributed by atoms with Gasteiger partial charge in [0.15, 0.2) is 5.75 Å². The number of anilines is 1. The van der Waals surface area contributed by atoms with Gasteiger partial charge in [0.2, 0.25) is 0 Å². The lowest BCUT2D eigenvalue weighted by molar-refractivity contribution is 0.469. The predicted octanol–water partition coefficient (Wildman–Crippen LogP) is 2.53. The molecule has 3 N–H and O–H groups in total. The minimum atomic E-state index is 0.375. The van der Waals surface area contributed by atoms with Crippen molar-refractivity contribution in [2.45, 2.75) is 18.9 Å². The van der Waals surface area contributed by atoms with Crippen LogP contribution in [0.4, 0.5) is 5.69 Å². The SMILES string of the molecule is NCC1CCCN1c1cc(I)cc(I)c1O. The molecule has 3 nitrogen and oxygen atoms in total. The van der Waals surface area contributed by atoms with E-state index in [9.17, 15) is 5.11 Å². The summed E-state index contributed by atoms with van der Waals surface area (Å²) >= 11 is 4.45. The highest BCUT2D eigenvalue weighted by atomic mass is 127. The van der Waals surface area contributed by atoms with E-state index in [1.165, 1.54) is 0 Å². The first-order chi connectivity index (χ1) is 7.63. The normalized spacial score (nSPS) is 20.4. The third-order valence-electron chi connectivity index (χ3n) is 2.97. The van der Waals surface area contributed by atoms with Gasteiger partial charge in [-0.25, -0.2) is 0 Å². The van der Waals surface area contributed by atoms with E-state index in [1.54, 1.807) is 0 Å². The van der Waals surface area contributed by atoms with Crippen molar-refractivity contribution >= 4 is 50.9 Å². The number of nitrogens with two attached hydrogens (primary N) is 1. The van der Waals surface area contributed by atoms with Crippen LogP contribution < -0.4 is 10.6 Å². The van der Waals surface area contributed by atoms with Crippen molar-refractivity contribution in [2.75, 3.05) is 18.0 Å². The molecule has 2 rings (SSSR count). The Balaban J connectivity index is 2.39. The van der Waals surface area contributed by atoms with Gasteiger partial charge in [-0.05, 0) is 70.2 Å². The van der Waals surface area contributed by atoms with Crippen molar-refractivity contribution in [3.8, 4) is 5.75 Å². The number of phenols is 1. The predicted molar refractivity (Wildman–Crippen MR) is 83.0 cm³/mol. The molecule has 0 spiro atoms. The fourth-order valence-electron chi connectivity index (χ4n) is 2.17. The molecule has 1 unspecified atom stereocenters. The number of rotatable bonds is 2. The summed E-state index contributed by atoms with van der Waals surface area (Å²) in [4.78, 5) is 2.24. The lowest BCUT2D eigenvalue weighted by Crippen LogP contribution is -2.35. The molecule has 5 heteroatoms. The molecular formula is C11H14I2N2O. The van der Waals surface area contributed by atoms with E-state index in [4.69, 9.17) is 5.73 Å². The molecule has 1 aromatic carbocycles. The van der Waals surface area contributed by atoms with Crippen LogP contribution in [0.25, 0.3) is 0 Å². The summed E-state index contributed by atoms with van der Waals surface area (Å²) in [5.74, 6) is 0.390. The summed E-state index contributed by atoms with van der Waals surface area (Å²) in [5.41, 5.74) is 6.70. The highest BCUT2D eigenvalue weighted by Gasteiger charge is 2.26. The Morgan fingerprint density at radius 3 is 2.88 bits per heavy atom. The molecular weight excluding hydrogens is 430 g/mol. The first kappa shape index (κ1) is 12.7. The Morgan fingerprint density at radius 2 is 2.19 bits per heavy atom. The fourth-order valence-corrected chi connectivity index (χ4v) is 3.98. The summed E-state index contributed by atoms with van der Waals surface area (Å²) in [5, 5.41) is 10.1. The smallest absolute Gasteiger partial charge is 0.152 e.